The van der Waals surface area contributed by atoms with Crippen molar-refractivity contribution in [1.29, 1.82) is 0 Å². The molecule has 0 saturated carbocycles. The Balaban J connectivity index is 1.51. The Morgan fingerprint density at radius 1 is 1.23 bits per heavy atom. The molecule has 1 aromatic heterocycles. The van der Waals surface area contributed by atoms with E-state index in [0.717, 1.165) is 34.5 Å². The van der Waals surface area contributed by atoms with Crippen molar-refractivity contribution in [2.75, 3.05) is 13.2 Å². The van der Waals surface area contributed by atoms with Crippen LogP contribution >= 0.6 is 15.9 Å². The van der Waals surface area contributed by atoms with Gasteiger partial charge in [0, 0.05) is 36.8 Å². The molecule has 0 spiro atoms. The molecule has 0 radical (unpaired) electrons. The topological polar surface area (TPSA) is 56.2 Å². The highest BCUT2D eigenvalue weighted by molar-refractivity contribution is 9.10. The number of halogens is 1. The Labute approximate surface area is 162 Å². The molecular formula is C20H24BrN3O2. The maximum absolute atomic E-state index is 13.2. The van der Waals surface area contributed by atoms with Crippen molar-refractivity contribution in [3.63, 3.8) is 0 Å². The van der Waals surface area contributed by atoms with Crippen LogP contribution in [0.25, 0.3) is 0 Å². The second-order valence-electron chi connectivity index (χ2n) is 7.18. The number of nitrogens with one attached hydrogen (secondary N) is 1. The fourth-order valence-corrected chi connectivity index (χ4v) is 4.30. The maximum Gasteiger partial charge on any atom is 0.231 e. The Bertz CT molecular complexity index is 755. The highest BCUT2D eigenvalue weighted by atomic mass is 79.9. The maximum atomic E-state index is 13.2. The number of aromatic nitrogens is 2. The Morgan fingerprint density at radius 3 is 2.73 bits per heavy atom. The Hall–Kier alpha value is -1.66. The van der Waals surface area contributed by atoms with Gasteiger partial charge in [0.15, 0.2) is 0 Å². The summed E-state index contributed by atoms with van der Waals surface area (Å²) in [5.41, 5.74) is 1.50. The van der Waals surface area contributed by atoms with Gasteiger partial charge in [-0.2, -0.15) is 0 Å². The van der Waals surface area contributed by atoms with E-state index in [2.05, 4.69) is 32.0 Å². The van der Waals surface area contributed by atoms with Crippen molar-refractivity contribution >= 4 is 21.8 Å². The number of imidazole rings is 1. The van der Waals surface area contributed by atoms with Gasteiger partial charge >= 0.3 is 0 Å². The molecule has 6 heteroatoms. The van der Waals surface area contributed by atoms with Gasteiger partial charge in [-0.25, -0.2) is 4.98 Å². The van der Waals surface area contributed by atoms with Crippen LogP contribution in [0.1, 0.15) is 42.8 Å². The number of amides is 1. The zero-order valence-corrected chi connectivity index (χ0v) is 16.4. The molecule has 1 N–H and O–H groups in total. The third-order valence-corrected chi connectivity index (χ3v) is 6.09. The van der Waals surface area contributed by atoms with E-state index >= 15 is 0 Å². The summed E-state index contributed by atoms with van der Waals surface area (Å²) in [6, 6.07) is 8.10. The minimum absolute atomic E-state index is 0.0779. The monoisotopic (exact) mass is 417 g/mol. The van der Waals surface area contributed by atoms with Crippen molar-refractivity contribution in [3.8, 4) is 0 Å². The zero-order chi connectivity index (χ0) is 18.0. The molecule has 4 rings (SSSR count). The van der Waals surface area contributed by atoms with Crippen LogP contribution in [0.2, 0.25) is 0 Å². The smallest absolute Gasteiger partial charge is 0.231 e. The second kappa shape index (κ2) is 7.53. The lowest BCUT2D eigenvalue weighted by atomic mass is 9.73. The summed E-state index contributed by atoms with van der Waals surface area (Å²) < 4.78 is 8.78. The van der Waals surface area contributed by atoms with Gasteiger partial charge in [-0.05, 0) is 43.4 Å². The molecular weight excluding hydrogens is 394 g/mol. The summed E-state index contributed by atoms with van der Waals surface area (Å²) in [6.45, 7) is 2.75. The third kappa shape index (κ3) is 3.45. The second-order valence-corrected chi connectivity index (χ2v) is 8.10. The first kappa shape index (κ1) is 17.7. The minimum Gasteiger partial charge on any atom is -0.381 e. The van der Waals surface area contributed by atoms with Crippen LogP contribution in [-0.2, 0) is 34.5 Å². The van der Waals surface area contributed by atoms with Crippen molar-refractivity contribution in [1.82, 2.24) is 14.9 Å². The summed E-state index contributed by atoms with van der Waals surface area (Å²) >= 11 is 3.48. The van der Waals surface area contributed by atoms with Gasteiger partial charge in [0.25, 0.3) is 0 Å². The molecule has 0 atom stereocenters. The summed E-state index contributed by atoms with van der Waals surface area (Å²) in [5, 5.41) is 3.15. The number of aryl methyl sites for hydroxylation is 2. The van der Waals surface area contributed by atoms with Crippen LogP contribution in [0.3, 0.4) is 0 Å². The van der Waals surface area contributed by atoms with E-state index in [1.807, 2.05) is 24.3 Å². The van der Waals surface area contributed by atoms with E-state index < -0.39 is 5.41 Å². The number of fused-ring (bicyclic) bond motifs is 1. The van der Waals surface area contributed by atoms with E-state index in [9.17, 15) is 4.79 Å². The van der Waals surface area contributed by atoms with Gasteiger partial charge in [-0.1, -0.05) is 28.1 Å². The molecule has 3 heterocycles. The normalized spacial score (nSPS) is 19.0. The van der Waals surface area contributed by atoms with Crippen molar-refractivity contribution in [2.45, 2.75) is 50.6 Å². The van der Waals surface area contributed by atoms with Gasteiger partial charge in [-0.3, -0.25) is 4.79 Å². The number of hydrogen-bond acceptors (Lipinski definition) is 3. The number of nitrogens with zero attached hydrogens (tertiary/aromatic N) is 2. The molecule has 0 aliphatic carbocycles. The standard InChI is InChI=1S/C20H24BrN3O2/c21-16-6-4-15(5-7-16)20(8-11-26-12-9-20)19(25)22-13-17-14-24-10-2-1-3-18(24)23-17/h4-7,14H,1-3,8-13H2,(H,22,25). The predicted octanol–water partition coefficient (Wildman–Crippen LogP) is 3.35. The molecule has 5 nitrogen and oxygen atoms in total. The van der Waals surface area contributed by atoms with E-state index in [-0.39, 0.29) is 5.91 Å². The van der Waals surface area contributed by atoms with Crippen LogP contribution in [0.15, 0.2) is 34.9 Å². The molecule has 0 unspecified atom stereocenters. The SMILES string of the molecule is O=C(NCc1cn2c(n1)CCCC2)C1(c2ccc(Br)cc2)CCOCC1. The lowest BCUT2D eigenvalue weighted by molar-refractivity contribution is -0.130. The largest absolute Gasteiger partial charge is 0.381 e. The minimum atomic E-state index is -0.516. The fourth-order valence-electron chi connectivity index (χ4n) is 4.03. The molecule has 1 fully saturated rings. The summed E-state index contributed by atoms with van der Waals surface area (Å²) in [4.78, 5) is 17.9. The molecule has 1 aromatic carbocycles. The summed E-state index contributed by atoms with van der Waals surface area (Å²) in [6.07, 6.45) is 6.96. The lowest BCUT2D eigenvalue weighted by Gasteiger charge is -2.36. The summed E-state index contributed by atoms with van der Waals surface area (Å²) in [7, 11) is 0. The molecule has 2 aliphatic heterocycles. The molecule has 0 bridgehead atoms. The van der Waals surface area contributed by atoms with Gasteiger partial charge in [0.2, 0.25) is 5.91 Å². The van der Waals surface area contributed by atoms with Gasteiger partial charge in [0.05, 0.1) is 17.7 Å². The van der Waals surface area contributed by atoms with E-state index in [1.54, 1.807) is 0 Å². The number of hydrogen-bond donors (Lipinski definition) is 1. The summed E-state index contributed by atoms with van der Waals surface area (Å²) in [5.74, 6) is 1.23. The highest BCUT2D eigenvalue weighted by Crippen LogP contribution is 2.36. The first-order valence-electron chi connectivity index (χ1n) is 9.34. The first-order chi connectivity index (χ1) is 12.7. The van der Waals surface area contributed by atoms with Gasteiger partial charge in [0.1, 0.15) is 5.82 Å². The van der Waals surface area contributed by atoms with Gasteiger partial charge < -0.3 is 14.6 Å². The van der Waals surface area contributed by atoms with E-state index in [1.165, 1.54) is 12.8 Å². The van der Waals surface area contributed by atoms with E-state index in [4.69, 9.17) is 9.72 Å². The van der Waals surface area contributed by atoms with Crippen molar-refractivity contribution < 1.29 is 9.53 Å². The first-order valence-corrected chi connectivity index (χ1v) is 10.1. The number of carbonyl (C=O) groups is 1. The van der Waals surface area contributed by atoms with Crippen LogP contribution in [0, 0.1) is 0 Å². The fraction of sp³-hybridized carbons (Fsp3) is 0.500. The number of rotatable bonds is 4. The average molecular weight is 418 g/mol. The number of benzene rings is 1. The van der Waals surface area contributed by atoms with Crippen LogP contribution in [0.4, 0.5) is 0 Å². The molecule has 1 saturated heterocycles. The average Bonchev–Trinajstić information content (AvgIpc) is 3.10. The lowest BCUT2D eigenvalue weighted by Crippen LogP contribution is -2.47. The number of ether oxygens (including phenoxy) is 1. The molecule has 26 heavy (non-hydrogen) atoms. The Kier molecular flexibility index (Phi) is 5.14. The van der Waals surface area contributed by atoms with Crippen LogP contribution in [-0.4, -0.2) is 28.7 Å². The molecule has 2 aliphatic rings. The highest BCUT2D eigenvalue weighted by Gasteiger charge is 2.41. The third-order valence-electron chi connectivity index (χ3n) is 5.57. The quantitative estimate of drug-likeness (QED) is 0.829. The number of carbonyl (C=O) groups excluding carboxylic acids is 1. The van der Waals surface area contributed by atoms with Crippen LogP contribution < -0.4 is 5.32 Å². The Morgan fingerprint density at radius 2 is 2.00 bits per heavy atom. The predicted molar refractivity (Wildman–Crippen MR) is 103 cm³/mol. The molecule has 1 amide bonds. The van der Waals surface area contributed by atoms with E-state index in [0.29, 0.717) is 32.6 Å². The zero-order valence-electron chi connectivity index (χ0n) is 14.8. The molecule has 2 aromatic rings. The van der Waals surface area contributed by atoms with Crippen molar-refractivity contribution in [2.24, 2.45) is 0 Å². The van der Waals surface area contributed by atoms with Crippen LogP contribution in [0.5, 0.6) is 0 Å². The molecule has 138 valence electrons. The van der Waals surface area contributed by atoms with Gasteiger partial charge in [-0.15, -0.1) is 0 Å². The van der Waals surface area contributed by atoms with Crippen molar-refractivity contribution in [3.05, 3.63) is 52.0 Å².